The van der Waals surface area contributed by atoms with Crippen LogP contribution in [0.2, 0.25) is 0 Å². The predicted molar refractivity (Wildman–Crippen MR) is 92.7 cm³/mol. The van der Waals surface area contributed by atoms with Crippen LogP contribution in [0.1, 0.15) is 0 Å². The van der Waals surface area contributed by atoms with Crippen molar-refractivity contribution in [1.82, 2.24) is 0 Å². The van der Waals surface area contributed by atoms with Crippen LogP contribution >= 0.6 is 0 Å². The Balaban J connectivity index is 2.24. The van der Waals surface area contributed by atoms with Crippen LogP contribution in [0.5, 0.6) is 5.75 Å². The summed E-state index contributed by atoms with van der Waals surface area (Å²) in [4.78, 5) is -0.527. The fraction of sp³-hybridized carbons (Fsp3) is 0. The van der Waals surface area contributed by atoms with Crippen molar-refractivity contribution in [3.63, 3.8) is 0 Å². The zero-order valence-corrected chi connectivity index (χ0v) is 14.3. The van der Waals surface area contributed by atoms with Gasteiger partial charge in [-0.1, -0.05) is 42.5 Å². The van der Waals surface area contributed by atoms with Gasteiger partial charge in [0.2, 0.25) is 0 Å². The molecule has 3 rings (SSSR count). The topological polar surface area (TPSA) is 121 Å². The molecule has 0 unspecified atom stereocenters. The Morgan fingerprint density at radius 1 is 0.800 bits per heavy atom. The van der Waals surface area contributed by atoms with Gasteiger partial charge in [-0.05, 0) is 12.1 Å². The van der Waals surface area contributed by atoms with Crippen LogP contribution in [0.15, 0.2) is 70.5 Å². The van der Waals surface area contributed by atoms with Gasteiger partial charge in [0.1, 0.15) is 10.6 Å². The summed E-state index contributed by atoms with van der Waals surface area (Å²) < 4.78 is 59.6. The molecule has 7 nitrogen and oxygen atoms in total. The molecule has 9 heteroatoms. The van der Waals surface area contributed by atoms with Gasteiger partial charge in [0, 0.05) is 16.8 Å². The van der Waals surface area contributed by atoms with E-state index in [0.29, 0.717) is 0 Å². The average molecular weight is 379 g/mol. The highest BCUT2D eigenvalue weighted by Gasteiger charge is 2.22. The number of hydrogen-bond acceptors (Lipinski definition) is 5. The van der Waals surface area contributed by atoms with Gasteiger partial charge in [0.05, 0.1) is 10.6 Å². The standard InChI is InChI=1S/C16H13NO6S2/c18-14-10-15(25(21,22)23)12-8-4-5-9-13(12)16(14)17-24(19,20)11-6-2-1-3-7-11/h1-10,17-18H,(H,21,22,23). The van der Waals surface area contributed by atoms with Crippen LogP contribution in [0.4, 0.5) is 5.69 Å². The lowest BCUT2D eigenvalue weighted by Gasteiger charge is -2.14. The molecule has 0 spiro atoms. The van der Waals surface area contributed by atoms with Gasteiger partial charge in [-0.25, -0.2) is 8.42 Å². The largest absolute Gasteiger partial charge is 0.506 e. The lowest BCUT2D eigenvalue weighted by Crippen LogP contribution is -2.13. The number of sulfonamides is 1. The van der Waals surface area contributed by atoms with Crippen LogP contribution in [0.3, 0.4) is 0 Å². The molecule has 0 aliphatic heterocycles. The van der Waals surface area contributed by atoms with Crippen molar-refractivity contribution in [3.05, 3.63) is 60.7 Å². The minimum Gasteiger partial charge on any atom is -0.506 e. The number of aromatic hydroxyl groups is 1. The Labute approximate surface area is 144 Å². The fourth-order valence-electron chi connectivity index (χ4n) is 2.44. The summed E-state index contributed by atoms with van der Waals surface area (Å²) in [5.41, 5.74) is -0.174. The van der Waals surface area contributed by atoms with Gasteiger partial charge in [0.15, 0.2) is 0 Å². The van der Waals surface area contributed by atoms with Gasteiger partial charge in [0.25, 0.3) is 20.1 Å². The van der Waals surface area contributed by atoms with E-state index < -0.39 is 30.8 Å². The van der Waals surface area contributed by atoms with Gasteiger partial charge in [-0.2, -0.15) is 8.42 Å². The van der Waals surface area contributed by atoms with Crippen molar-refractivity contribution in [1.29, 1.82) is 0 Å². The summed E-state index contributed by atoms with van der Waals surface area (Å²) >= 11 is 0. The van der Waals surface area contributed by atoms with E-state index in [4.69, 9.17) is 0 Å². The molecule has 3 N–H and O–H groups in total. The lowest BCUT2D eigenvalue weighted by molar-refractivity contribution is 0.469. The minimum atomic E-state index is -4.60. The highest BCUT2D eigenvalue weighted by Crippen LogP contribution is 2.38. The normalized spacial score (nSPS) is 12.2. The summed E-state index contributed by atoms with van der Waals surface area (Å²) in [6.07, 6.45) is 0. The van der Waals surface area contributed by atoms with Crippen LogP contribution in [0, 0.1) is 0 Å². The summed E-state index contributed by atoms with van der Waals surface area (Å²) in [5.74, 6) is -0.620. The molecule has 0 atom stereocenters. The number of anilines is 1. The first-order valence-electron chi connectivity index (χ1n) is 7.00. The Morgan fingerprint density at radius 2 is 1.36 bits per heavy atom. The van der Waals surface area contributed by atoms with E-state index in [2.05, 4.69) is 4.72 Å². The predicted octanol–water partition coefficient (Wildman–Crippen LogP) is 2.59. The number of fused-ring (bicyclic) bond motifs is 1. The molecule has 0 bridgehead atoms. The van der Waals surface area contributed by atoms with Crippen molar-refractivity contribution in [3.8, 4) is 5.75 Å². The number of benzene rings is 3. The smallest absolute Gasteiger partial charge is 0.295 e. The second kappa shape index (κ2) is 6.03. The molecule has 0 saturated heterocycles. The quantitative estimate of drug-likeness (QED) is 0.473. The van der Waals surface area contributed by atoms with Gasteiger partial charge < -0.3 is 5.11 Å². The van der Waals surface area contributed by atoms with Gasteiger partial charge in [-0.15, -0.1) is 0 Å². The molecule has 0 heterocycles. The van der Waals surface area contributed by atoms with Crippen LogP contribution < -0.4 is 4.72 Å². The molecule has 25 heavy (non-hydrogen) atoms. The third-order valence-corrected chi connectivity index (χ3v) is 5.81. The molecule has 3 aromatic rings. The van der Waals surface area contributed by atoms with E-state index in [1.54, 1.807) is 24.3 Å². The van der Waals surface area contributed by atoms with Crippen molar-refractivity contribution in [2.75, 3.05) is 4.72 Å². The molecule has 3 aromatic carbocycles. The Bertz CT molecular complexity index is 1160. The summed E-state index contributed by atoms with van der Waals surface area (Å²) in [5, 5.41) is 10.4. The SMILES string of the molecule is O=S(=O)(O)c1cc(O)c(NS(=O)(=O)c2ccccc2)c2ccccc12. The maximum absolute atomic E-state index is 12.5. The van der Waals surface area contributed by atoms with E-state index in [1.807, 2.05) is 0 Å². The zero-order chi connectivity index (χ0) is 18.2. The van der Waals surface area contributed by atoms with E-state index in [0.717, 1.165) is 6.07 Å². The van der Waals surface area contributed by atoms with E-state index >= 15 is 0 Å². The molecular weight excluding hydrogens is 366 g/mol. The summed E-state index contributed by atoms with van der Waals surface area (Å²) in [7, 11) is -8.60. The van der Waals surface area contributed by atoms with Crippen molar-refractivity contribution < 1.29 is 26.5 Å². The number of phenolic OH excluding ortho intramolecular Hbond substituents is 1. The second-order valence-electron chi connectivity index (χ2n) is 5.21. The highest BCUT2D eigenvalue weighted by molar-refractivity contribution is 7.92. The first-order valence-corrected chi connectivity index (χ1v) is 9.92. The maximum atomic E-state index is 12.5. The number of phenols is 1. The van der Waals surface area contributed by atoms with Gasteiger partial charge in [-0.3, -0.25) is 9.27 Å². The fourth-order valence-corrected chi connectivity index (χ4v) is 4.27. The van der Waals surface area contributed by atoms with Crippen molar-refractivity contribution in [2.45, 2.75) is 9.79 Å². The monoisotopic (exact) mass is 379 g/mol. The van der Waals surface area contributed by atoms with Crippen LogP contribution in [-0.4, -0.2) is 26.5 Å². The van der Waals surface area contributed by atoms with E-state index in [1.165, 1.54) is 30.3 Å². The number of nitrogens with one attached hydrogen (secondary N) is 1. The Kier molecular flexibility index (Phi) is 4.15. The van der Waals surface area contributed by atoms with Gasteiger partial charge >= 0.3 is 0 Å². The molecule has 0 fully saturated rings. The molecule has 130 valence electrons. The lowest BCUT2D eigenvalue weighted by atomic mass is 10.1. The minimum absolute atomic E-state index is 0.0164. The molecular formula is C16H13NO6S2. The molecule has 0 aliphatic carbocycles. The van der Waals surface area contributed by atoms with E-state index in [9.17, 15) is 26.5 Å². The molecule has 0 saturated carbocycles. The van der Waals surface area contributed by atoms with Crippen molar-refractivity contribution >= 4 is 36.6 Å². The average Bonchev–Trinajstić information content (AvgIpc) is 2.57. The van der Waals surface area contributed by atoms with Crippen LogP contribution in [-0.2, 0) is 20.1 Å². The molecule has 0 aliphatic rings. The number of rotatable bonds is 4. The zero-order valence-electron chi connectivity index (χ0n) is 12.6. The Morgan fingerprint density at radius 3 is 1.96 bits per heavy atom. The van der Waals surface area contributed by atoms with Crippen molar-refractivity contribution in [2.24, 2.45) is 0 Å². The summed E-state index contributed by atoms with van der Waals surface area (Å²) in [6, 6.07) is 14.3. The first-order chi connectivity index (χ1) is 11.7. The molecule has 0 amide bonds. The Hall–Kier alpha value is -2.62. The number of hydrogen-bond donors (Lipinski definition) is 3. The molecule has 0 radical (unpaired) electrons. The second-order valence-corrected chi connectivity index (χ2v) is 8.28. The first kappa shape index (κ1) is 17.2. The highest BCUT2D eigenvalue weighted by atomic mass is 32.2. The van der Waals surface area contributed by atoms with E-state index in [-0.39, 0.29) is 21.4 Å². The third-order valence-electron chi connectivity index (χ3n) is 3.55. The third kappa shape index (κ3) is 3.29. The maximum Gasteiger partial charge on any atom is 0.295 e. The molecule has 0 aromatic heterocycles. The van der Waals surface area contributed by atoms with Crippen LogP contribution in [0.25, 0.3) is 10.8 Å². The summed E-state index contributed by atoms with van der Waals surface area (Å²) in [6.45, 7) is 0.